The van der Waals surface area contributed by atoms with E-state index in [2.05, 4.69) is 10.6 Å². The Morgan fingerprint density at radius 3 is 2.61 bits per heavy atom. The Morgan fingerprint density at radius 2 is 2.00 bits per heavy atom. The van der Waals surface area contributed by atoms with Crippen LogP contribution in [0.4, 0.5) is 4.79 Å². The van der Waals surface area contributed by atoms with Crippen molar-refractivity contribution in [2.45, 2.75) is 19.5 Å². The van der Waals surface area contributed by atoms with E-state index in [0.29, 0.717) is 12.1 Å². The van der Waals surface area contributed by atoms with E-state index in [9.17, 15) is 14.4 Å². The van der Waals surface area contributed by atoms with Crippen molar-refractivity contribution in [3.8, 4) is 0 Å². The van der Waals surface area contributed by atoms with Gasteiger partial charge in [-0.2, -0.15) is 0 Å². The van der Waals surface area contributed by atoms with Gasteiger partial charge in [-0.25, -0.2) is 4.79 Å². The van der Waals surface area contributed by atoms with E-state index in [1.165, 1.54) is 4.90 Å². The zero-order valence-corrected chi connectivity index (χ0v) is 13.0. The minimum Gasteiger partial charge on any atom is -0.333 e. The van der Waals surface area contributed by atoms with Crippen LogP contribution < -0.4 is 10.6 Å². The average Bonchev–Trinajstić information content (AvgIpc) is 2.87. The highest BCUT2D eigenvalue weighted by molar-refractivity contribution is 6.01. The summed E-state index contributed by atoms with van der Waals surface area (Å²) in [5, 5.41) is 5.75. The van der Waals surface area contributed by atoms with Crippen LogP contribution in [0.2, 0.25) is 0 Å². The smallest absolute Gasteiger partial charge is 0.324 e. The van der Waals surface area contributed by atoms with Gasteiger partial charge in [0.2, 0.25) is 5.91 Å². The number of carbonyl (C=O) groups excluding carboxylic acids is 3. The second kappa shape index (κ2) is 6.37. The molecule has 2 aliphatic rings. The lowest BCUT2D eigenvalue weighted by Crippen LogP contribution is -2.52. The van der Waals surface area contributed by atoms with Gasteiger partial charge in [0.15, 0.2) is 0 Å². The molecule has 122 valence electrons. The predicted octanol–water partition coefficient (Wildman–Crippen LogP) is 0.172. The van der Waals surface area contributed by atoms with Gasteiger partial charge in [0.05, 0.1) is 13.1 Å². The Hall–Kier alpha value is -2.41. The molecule has 0 saturated carbocycles. The summed E-state index contributed by atoms with van der Waals surface area (Å²) in [4.78, 5) is 38.7. The first kappa shape index (κ1) is 15.5. The molecule has 2 aliphatic heterocycles. The molecule has 0 unspecified atom stereocenters. The van der Waals surface area contributed by atoms with Gasteiger partial charge < -0.3 is 15.5 Å². The molecule has 0 radical (unpaired) electrons. The van der Waals surface area contributed by atoms with Crippen molar-refractivity contribution in [2.75, 3.05) is 26.2 Å². The van der Waals surface area contributed by atoms with Crippen LogP contribution in [0.1, 0.15) is 22.8 Å². The summed E-state index contributed by atoms with van der Waals surface area (Å²) in [6.45, 7) is 4.61. The highest BCUT2D eigenvalue weighted by Crippen LogP contribution is 2.14. The SMILES string of the molecule is C[C@H]1CNCCN1C(=O)c1ccc(CN2C(=O)CNC2=O)cc1. The van der Waals surface area contributed by atoms with Crippen LogP contribution in [-0.2, 0) is 11.3 Å². The number of urea groups is 1. The molecule has 4 amide bonds. The summed E-state index contributed by atoms with van der Waals surface area (Å²) in [5.41, 5.74) is 1.44. The first-order valence-electron chi connectivity index (χ1n) is 7.75. The van der Waals surface area contributed by atoms with Crippen LogP contribution in [-0.4, -0.2) is 59.9 Å². The predicted molar refractivity (Wildman–Crippen MR) is 83.8 cm³/mol. The first-order valence-corrected chi connectivity index (χ1v) is 7.75. The molecule has 1 aromatic carbocycles. The number of nitrogens with one attached hydrogen (secondary N) is 2. The molecule has 1 atom stereocenters. The van der Waals surface area contributed by atoms with Crippen molar-refractivity contribution in [1.29, 1.82) is 0 Å². The number of carbonyl (C=O) groups is 3. The third-order valence-corrected chi connectivity index (χ3v) is 4.24. The molecule has 0 aromatic heterocycles. The molecule has 0 aliphatic carbocycles. The lowest BCUT2D eigenvalue weighted by atomic mass is 10.1. The van der Waals surface area contributed by atoms with E-state index in [4.69, 9.17) is 0 Å². The number of hydrogen-bond acceptors (Lipinski definition) is 4. The van der Waals surface area contributed by atoms with Gasteiger partial charge in [-0.05, 0) is 24.6 Å². The van der Waals surface area contributed by atoms with Crippen molar-refractivity contribution in [3.63, 3.8) is 0 Å². The molecule has 7 nitrogen and oxygen atoms in total. The number of imide groups is 1. The molecule has 7 heteroatoms. The van der Waals surface area contributed by atoms with Crippen LogP contribution in [0.3, 0.4) is 0 Å². The molecule has 3 rings (SSSR count). The zero-order valence-electron chi connectivity index (χ0n) is 13.0. The van der Waals surface area contributed by atoms with Gasteiger partial charge in [-0.3, -0.25) is 14.5 Å². The maximum atomic E-state index is 12.5. The van der Waals surface area contributed by atoms with E-state index in [0.717, 1.165) is 18.7 Å². The second-order valence-corrected chi connectivity index (χ2v) is 5.89. The molecule has 2 saturated heterocycles. The molecule has 2 fully saturated rings. The summed E-state index contributed by atoms with van der Waals surface area (Å²) in [6.07, 6.45) is 0. The van der Waals surface area contributed by atoms with Gasteiger partial charge in [0.1, 0.15) is 0 Å². The van der Waals surface area contributed by atoms with Crippen molar-refractivity contribution >= 4 is 17.8 Å². The maximum absolute atomic E-state index is 12.5. The van der Waals surface area contributed by atoms with Crippen molar-refractivity contribution in [3.05, 3.63) is 35.4 Å². The highest BCUT2D eigenvalue weighted by atomic mass is 16.2. The van der Waals surface area contributed by atoms with Gasteiger partial charge in [-0.15, -0.1) is 0 Å². The third-order valence-electron chi connectivity index (χ3n) is 4.24. The molecular weight excluding hydrogens is 296 g/mol. The summed E-state index contributed by atoms with van der Waals surface area (Å²) in [7, 11) is 0. The van der Waals surface area contributed by atoms with Crippen molar-refractivity contribution < 1.29 is 14.4 Å². The van der Waals surface area contributed by atoms with Crippen molar-refractivity contribution in [2.24, 2.45) is 0 Å². The van der Waals surface area contributed by atoms with Crippen LogP contribution in [0.5, 0.6) is 0 Å². The van der Waals surface area contributed by atoms with Crippen LogP contribution >= 0.6 is 0 Å². The van der Waals surface area contributed by atoms with E-state index < -0.39 is 0 Å². The quantitative estimate of drug-likeness (QED) is 0.779. The van der Waals surface area contributed by atoms with Crippen LogP contribution in [0, 0.1) is 0 Å². The Kier molecular flexibility index (Phi) is 4.29. The lowest BCUT2D eigenvalue weighted by molar-refractivity contribution is -0.125. The van der Waals surface area contributed by atoms with Gasteiger partial charge in [-0.1, -0.05) is 12.1 Å². The lowest BCUT2D eigenvalue weighted by Gasteiger charge is -2.34. The van der Waals surface area contributed by atoms with E-state index in [1.54, 1.807) is 24.3 Å². The molecule has 2 heterocycles. The minimum absolute atomic E-state index is 0.0144. The summed E-state index contributed by atoms with van der Waals surface area (Å²) >= 11 is 0. The molecule has 0 bridgehead atoms. The monoisotopic (exact) mass is 316 g/mol. The fraction of sp³-hybridized carbons (Fsp3) is 0.438. The number of nitrogens with zero attached hydrogens (tertiary/aromatic N) is 2. The Labute approximate surface area is 134 Å². The normalized spacial score (nSPS) is 21.5. The highest BCUT2D eigenvalue weighted by Gasteiger charge is 2.28. The zero-order chi connectivity index (χ0) is 16.4. The number of piperazine rings is 1. The topological polar surface area (TPSA) is 81.8 Å². The van der Waals surface area contributed by atoms with Gasteiger partial charge in [0, 0.05) is 31.2 Å². The number of amides is 4. The minimum atomic E-state index is -0.371. The fourth-order valence-corrected chi connectivity index (χ4v) is 2.86. The number of benzene rings is 1. The Morgan fingerprint density at radius 1 is 1.26 bits per heavy atom. The second-order valence-electron chi connectivity index (χ2n) is 5.89. The molecular formula is C16H20N4O3. The molecule has 23 heavy (non-hydrogen) atoms. The van der Waals surface area contributed by atoms with Crippen molar-refractivity contribution in [1.82, 2.24) is 20.4 Å². The third kappa shape index (κ3) is 3.19. The molecule has 2 N–H and O–H groups in total. The average molecular weight is 316 g/mol. The Balaban J connectivity index is 1.68. The molecule has 1 aromatic rings. The fourth-order valence-electron chi connectivity index (χ4n) is 2.86. The number of hydrogen-bond donors (Lipinski definition) is 2. The van der Waals surface area contributed by atoms with Crippen LogP contribution in [0.15, 0.2) is 24.3 Å². The first-order chi connectivity index (χ1) is 11.1. The molecule has 0 spiro atoms. The summed E-state index contributed by atoms with van der Waals surface area (Å²) in [6, 6.07) is 6.89. The summed E-state index contributed by atoms with van der Waals surface area (Å²) in [5.74, 6) is -0.217. The summed E-state index contributed by atoms with van der Waals surface area (Å²) < 4.78 is 0. The standard InChI is InChI=1S/C16H20N4O3/c1-11-8-17-6-7-19(11)15(22)13-4-2-12(3-5-13)10-20-14(21)9-18-16(20)23/h2-5,11,17H,6-10H2,1H3,(H,18,23)/t11-/m0/s1. The van der Waals surface area contributed by atoms with Gasteiger partial charge in [0.25, 0.3) is 5.91 Å². The van der Waals surface area contributed by atoms with E-state index in [-0.39, 0.29) is 37.0 Å². The van der Waals surface area contributed by atoms with Crippen LogP contribution in [0.25, 0.3) is 0 Å². The van der Waals surface area contributed by atoms with Gasteiger partial charge >= 0.3 is 6.03 Å². The maximum Gasteiger partial charge on any atom is 0.324 e. The van der Waals surface area contributed by atoms with E-state index in [1.807, 2.05) is 11.8 Å². The number of rotatable bonds is 3. The Bertz CT molecular complexity index is 613. The van der Waals surface area contributed by atoms with E-state index >= 15 is 0 Å². The largest absolute Gasteiger partial charge is 0.333 e.